The Morgan fingerprint density at radius 1 is 1.00 bits per heavy atom. The first kappa shape index (κ1) is 23.2. The largest absolute Gasteiger partial charge is 0.229 e. The summed E-state index contributed by atoms with van der Waals surface area (Å²) in [5, 5.41) is 0.365. The Morgan fingerprint density at radius 3 is 2.17 bits per heavy atom. The third-order valence-electron chi connectivity index (χ3n) is 5.87. The second kappa shape index (κ2) is 8.55. The Hall–Kier alpha value is -1.51. The van der Waals surface area contributed by atoms with Crippen LogP contribution in [0.5, 0.6) is 0 Å². The van der Waals surface area contributed by atoms with Gasteiger partial charge < -0.3 is 0 Å². The number of sulfone groups is 2. The third kappa shape index (κ3) is 4.70. The number of hydrogen-bond acceptors (Lipinski definition) is 4. The molecule has 0 heterocycles. The van der Waals surface area contributed by atoms with E-state index in [0.29, 0.717) is 24.3 Å². The van der Waals surface area contributed by atoms with Crippen LogP contribution in [0.1, 0.15) is 37.7 Å². The first-order valence-corrected chi connectivity index (χ1v) is 13.5. The molecule has 9 heteroatoms. The van der Waals surface area contributed by atoms with E-state index in [1.165, 1.54) is 24.3 Å². The SMILES string of the molecule is CS(=O)(=O)CC[C@H]1CC[C@@](c2cc(F)ccc2F)(S(=O)(=O)c2ccc(Cl)cc2)CC1. The maximum absolute atomic E-state index is 14.8. The van der Waals surface area contributed by atoms with Gasteiger partial charge in [-0.25, -0.2) is 25.6 Å². The lowest BCUT2D eigenvalue weighted by molar-refractivity contribution is 0.281. The summed E-state index contributed by atoms with van der Waals surface area (Å²) in [4.78, 5) is -0.00912. The zero-order valence-corrected chi connectivity index (χ0v) is 18.8. The highest BCUT2D eigenvalue weighted by Crippen LogP contribution is 2.49. The van der Waals surface area contributed by atoms with Gasteiger partial charge in [0.05, 0.1) is 10.6 Å². The summed E-state index contributed by atoms with van der Waals surface area (Å²) in [6.45, 7) is 0. The van der Waals surface area contributed by atoms with Gasteiger partial charge in [-0.05, 0) is 80.5 Å². The zero-order valence-electron chi connectivity index (χ0n) is 16.4. The van der Waals surface area contributed by atoms with Crippen molar-refractivity contribution < 1.29 is 25.6 Å². The van der Waals surface area contributed by atoms with Crippen LogP contribution in [0.15, 0.2) is 47.4 Å². The Kier molecular flexibility index (Phi) is 6.60. The molecule has 0 spiro atoms. The summed E-state index contributed by atoms with van der Waals surface area (Å²) >= 11 is 5.88. The molecule has 30 heavy (non-hydrogen) atoms. The van der Waals surface area contributed by atoms with E-state index < -0.39 is 36.1 Å². The lowest BCUT2D eigenvalue weighted by Crippen LogP contribution is -2.41. The van der Waals surface area contributed by atoms with Crippen LogP contribution in [0.3, 0.4) is 0 Å². The van der Waals surface area contributed by atoms with E-state index in [1.807, 2.05) is 0 Å². The molecule has 0 amide bonds. The fourth-order valence-electron chi connectivity index (χ4n) is 4.18. The second-order valence-corrected chi connectivity index (χ2v) is 12.9. The number of halogens is 3. The van der Waals surface area contributed by atoms with Gasteiger partial charge >= 0.3 is 0 Å². The predicted molar refractivity (Wildman–Crippen MR) is 113 cm³/mol. The molecule has 0 radical (unpaired) electrons. The van der Waals surface area contributed by atoms with Crippen molar-refractivity contribution in [3.8, 4) is 0 Å². The molecule has 3 rings (SSSR count). The van der Waals surface area contributed by atoms with Crippen LogP contribution in [0.25, 0.3) is 0 Å². The van der Waals surface area contributed by atoms with Crippen molar-refractivity contribution in [3.05, 3.63) is 64.7 Å². The van der Waals surface area contributed by atoms with E-state index in [4.69, 9.17) is 11.6 Å². The van der Waals surface area contributed by atoms with E-state index in [9.17, 15) is 25.6 Å². The predicted octanol–water partition coefficient (Wildman–Crippen LogP) is 4.91. The highest BCUT2D eigenvalue weighted by molar-refractivity contribution is 7.92. The molecule has 1 fully saturated rings. The van der Waals surface area contributed by atoms with Gasteiger partial charge in [-0.1, -0.05) is 11.6 Å². The molecular weight excluding hydrogens is 454 g/mol. The number of benzene rings is 2. The molecule has 0 aromatic heterocycles. The molecule has 1 aliphatic carbocycles. The minimum absolute atomic E-state index is 0.00453. The lowest BCUT2D eigenvalue weighted by Gasteiger charge is -2.40. The van der Waals surface area contributed by atoms with Crippen LogP contribution in [-0.4, -0.2) is 28.8 Å². The van der Waals surface area contributed by atoms with Gasteiger partial charge in [0.2, 0.25) is 0 Å². The van der Waals surface area contributed by atoms with Gasteiger partial charge in [-0.2, -0.15) is 0 Å². The van der Waals surface area contributed by atoms with E-state index in [0.717, 1.165) is 24.5 Å². The van der Waals surface area contributed by atoms with E-state index in [-0.39, 0.29) is 35.0 Å². The average Bonchev–Trinajstić information content (AvgIpc) is 2.68. The number of rotatable bonds is 6. The zero-order chi connectivity index (χ0) is 22.2. The molecule has 2 aromatic carbocycles. The van der Waals surface area contributed by atoms with Crippen molar-refractivity contribution >= 4 is 31.3 Å². The standard InChI is InChI=1S/C21H23ClF2O4S2/c1-29(25,26)13-10-15-8-11-21(12-9-15,19-14-17(23)4-7-20(19)24)30(27,28)18-5-2-16(22)3-6-18/h2-7,14-15H,8-13H2,1H3/t15-,21+. The van der Waals surface area contributed by atoms with Crippen molar-refractivity contribution in [2.24, 2.45) is 5.92 Å². The summed E-state index contributed by atoms with van der Waals surface area (Å²) in [5.41, 5.74) is -0.181. The quantitative estimate of drug-likeness (QED) is 0.594. The minimum atomic E-state index is -4.08. The monoisotopic (exact) mass is 476 g/mol. The van der Waals surface area contributed by atoms with E-state index in [1.54, 1.807) is 0 Å². The molecule has 0 N–H and O–H groups in total. The van der Waals surface area contributed by atoms with Crippen LogP contribution < -0.4 is 0 Å². The van der Waals surface area contributed by atoms with Gasteiger partial charge in [0.15, 0.2) is 9.84 Å². The normalized spacial score (nSPS) is 22.7. The highest BCUT2D eigenvalue weighted by atomic mass is 35.5. The topological polar surface area (TPSA) is 68.3 Å². The molecule has 0 saturated heterocycles. The summed E-state index contributed by atoms with van der Waals surface area (Å²) in [5.74, 6) is -1.46. The fourth-order valence-corrected chi connectivity index (χ4v) is 7.23. The van der Waals surface area contributed by atoms with E-state index >= 15 is 0 Å². The molecule has 0 aliphatic heterocycles. The van der Waals surface area contributed by atoms with Crippen LogP contribution in [0.4, 0.5) is 8.78 Å². The first-order valence-electron chi connectivity index (χ1n) is 9.58. The minimum Gasteiger partial charge on any atom is -0.229 e. The van der Waals surface area contributed by atoms with Crippen molar-refractivity contribution in [1.82, 2.24) is 0 Å². The number of hydrogen-bond donors (Lipinski definition) is 0. The van der Waals surface area contributed by atoms with Gasteiger partial charge in [0.1, 0.15) is 26.2 Å². The van der Waals surface area contributed by atoms with Gasteiger partial charge in [-0.15, -0.1) is 0 Å². The molecule has 1 aliphatic rings. The molecule has 0 unspecified atom stereocenters. The van der Waals surface area contributed by atoms with Crippen LogP contribution in [0.2, 0.25) is 5.02 Å². The molecule has 0 atom stereocenters. The van der Waals surface area contributed by atoms with E-state index in [2.05, 4.69) is 0 Å². The van der Waals surface area contributed by atoms with Crippen molar-refractivity contribution in [2.75, 3.05) is 12.0 Å². The molecular formula is C21H23ClF2O4S2. The Bertz CT molecular complexity index is 1120. The van der Waals surface area contributed by atoms with Crippen LogP contribution >= 0.6 is 11.6 Å². The summed E-state index contributed by atoms with van der Waals surface area (Å²) in [7, 11) is -7.22. The summed E-state index contributed by atoms with van der Waals surface area (Å²) in [6, 6.07) is 8.49. The molecule has 1 saturated carbocycles. The first-order chi connectivity index (χ1) is 13.9. The maximum atomic E-state index is 14.8. The Morgan fingerprint density at radius 2 is 1.60 bits per heavy atom. The Balaban J connectivity index is 2.03. The molecule has 4 nitrogen and oxygen atoms in total. The smallest absolute Gasteiger partial charge is 0.188 e. The van der Waals surface area contributed by atoms with Crippen LogP contribution in [-0.2, 0) is 24.4 Å². The molecule has 2 aromatic rings. The summed E-state index contributed by atoms with van der Waals surface area (Å²) < 4.78 is 77.5. The van der Waals surface area contributed by atoms with Gasteiger partial charge in [-0.3, -0.25) is 0 Å². The second-order valence-electron chi connectivity index (χ2n) is 7.94. The van der Waals surface area contributed by atoms with Crippen molar-refractivity contribution in [2.45, 2.75) is 41.7 Å². The fraction of sp³-hybridized carbons (Fsp3) is 0.429. The summed E-state index contributed by atoms with van der Waals surface area (Å²) in [6.07, 6.45) is 2.53. The maximum Gasteiger partial charge on any atom is 0.188 e. The van der Waals surface area contributed by atoms with Crippen molar-refractivity contribution in [3.63, 3.8) is 0 Å². The van der Waals surface area contributed by atoms with Gasteiger partial charge in [0, 0.05) is 16.8 Å². The van der Waals surface area contributed by atoms with Crippen LogP contribution in [0, 0.1) is 17.6 Å². The lowest BCUT2D eigenvalue weighted by atomic mass is 9.77. The van der Waals surface area contributed by atoms with Gasteiger partial charge in [0.25, 0.3) is 0 Å². The average molecular weight is 477 g/mol. The molecule has 164 valence electrons. The Labute approximate surface area is 181 Å². The highest BCUT2D eigenvalue weighted by Gasteiger charge is 2.50. The molecule has 0 bridgehead atoms. The van der Waals surface area contributed by atoms with Crippen molar-refractivity contribution in [1.29, 1.82) is 0 Å². The third-order valence-corrected chi connectivity index (χ3v) is 9.65.